The van der Waals surface area contributed by atoms with Gasteiger partial charge < -0.3 is 10.6 Å². The highest BCUT2D eigenvalue weighted by Gasteiger charge is 2.35. The molecule has 0 aromatic rings. The summed E-state index contributed by atoms with van der Waals surface area (Å²) in [5.41, 5.74) is 4.56. The molecule has 1 aliphatic heterocycles. The number of carbonyl (C=O) groups excluding carboxylic acids is 1. The minimum atomic E-state index is -3.78. The van der Waals surface area contributed by atoms with Crippen LogP contribution in [0.1, 0.15) is 20.8 Å². The molecule has 0 saturated carbocycles. The molecule has 0 unspecified atom stereocenters. The first-order valence-corrected chi connectivity index (χ1v) is 7.39. The van der Waals surface area contributed by atoms with Gasteiger partial charge in [0.05, 0.1) is 31.2 Å². The molecule has 19 heavy (non-hydrogen) atoms. The van der Waals surface area contributed by atoms with Gasteiger partial charge in [0.1, 0.15) is 0 Å². The molecule has 0 radical (unpaired) electrons. The summed E-state index contributed by atoms with van der Waals surface area (Å²) in [7, 11) is -3.78. The van der Waals surface area contributed by atoms with Crippen LogP contribution in [0.15, 0.2) is 0 Å². The molecule has 0 spiro atoms. The van der Waals surface area contributed by atoms with E-state index in [9.17, 15) is 13.2 Å². The Kier molecular flexibility index (Phi) is 5.27. The normalized spacial score (nSPS) is 18.1. The van der Waals surface area contributed by atoms with Gasteiger partial charge >= 0.3 is 16.3 Å². The highest BCUT2D eigenvalue weighted by atomic mass is 32.2. The molecule has 0 atom stereocenters. The van der Waals surface area contributed by atoms with Crippen molar-refractivity contribution in [2.75, 3.05) is 26.2 Å². The molecule has 9 heteroatoms. The van der Waals surface area contributed by atoms with E-state index in [-0.39, 0.29) is 25.2 Å². The molecule has 0 amide bonds. The molecule has 1 fully saturated rings. The van der Waals surface area contributed by atoms with Crippen LogP contribution in [0, 0.1) is 5.41 Å². The van der Waals surface area contributed by atoms with E-state index in [4.69, 9.17) is 10.6 Å². The lowest BCUT2D eigenvalue weighted by Crippen LogP contribution is -2.60. The second-order valence-corrected chi connectivity index (χ2v) is 6.73. The third-order valence-electron chi connectivity index (χ3n) is 2.34. The molecular weight excluding hydrogens is 274 g/mol. The Morgan fingerprint density at radius 2 is 2.00 bits per heavy atom. The third kappa shape index (κ3) is 5.41. The SMILES string of the molecule is CC(C)(C)C(=O)ON1CC(NS(=O)(=O)OCCN)C1. The van der Waals surface area contributed by atoms with Crippen molar-refractivity contribution in [2.45, 2.75) is 26.8 Å². The lowest BCUT2D eigenvalue weighted by Gasteiger charge is -2.38. The molecule has 0 aromatic heterocycles. The van der Waals surface area contributed by atoms with Crippen molar-refractivity contribution in [2.24, 2.45) is 11.1 Å². The molecule has 8 nitrogen and oxygen atoms in total. The fourth-order valence-corrected chi connectivity index (χ4v) is 2.18. The van der Waals surface area contributed by atoms with Crippen molar-refractivity contribution in [1.29, 1.82) is 0 Å². The highest BCUT2D eigenvalue weighted by Crippen LogP contribution is 2.19. The van der Waals surface area contributed by atoms with Crippen LogP contribution in [0.5, 0.6) is 0 Å². The Balaban J connectivity index is 2.29. The largest absolute Gasteiger partial charge is 0.367 e. The quantitative estimate of drug-likeness (QED) is 0.645. The van der Waals surface area contributed by atoms with Crippen molar-refractivity contribution >= 4 is 16.3 Å². The van der Waals surface area contributed by atoms with E-state index in [1.807, 2.05) is 0 Å². The molecule has 1 heterocycles. The summed E-state index contributed by atoms with van der Waals surface area (Å²) in [6, 6.07) is -0.324. The van der Waals surface area contributed by atoms with Crippen LogP contribution in [-0.2, 0) is 24.1 Å². The summed E-state index contributed by atoms with van der Waals surface area (Å²) in [5.74, 6) is -0.354. The Hall–Kier alpha value is -0.740. The van der Waals surface area contributed by atoms with E-state index < -0.39 is 15.7 Å². The molecule has 1 aliphatic rings. The minimum Gasteiger partial charge on any atom is -0.367 e. The lowest BCUT2D eigenvalue weighted by atomic mass is 9.98. The molecule has 1 saturated heterocycles. The van der Waals surface area contributed by atoms with Crippen LogP contribution in [0.4, 0.5) is 0 Å². The van der Waals surface area contributed by atoms with E-state index in [0.717, 1.165) is 0 Å². The summed E-state index contributed by atoms with van der Waals surface area (Å²) in [6.07, 6.45) is 0. The first-order chi connectivity index (χ1) is 8.64. The Bertz CT molecular complexity index is 411. The number of nitrogens with two attached hydrogens (primary N) is 1. The number of hydrogen-bond acceptors (Lipinski definition) is 7. The first kappa shape index (κ1) is 16.3. The zero-order valence-corrected chi connectivity index (χ0v) is 12.2. The summed E-state index contributed by atoms with van der Waals surface area (Å²) in [5, 5.41) is 1.41. The predicted molar refractivity (Wildman–Crippen MR) is 68.0 cm³/mol. The smallest absolute Gasteiger partial charge is 0.336 e. The molecule has 3 N–H and O–H groups in total. The van der Waals surface area contributed by atoms with Gasteiger partial charge in [-0.3, -0.25) is 4.18 Å². The van der Waals surface area contributed by atoms with Crippen LogP contribution < -0.4 is 10.5 Å². The maximum atomic E-state index is 11.6. The second kappa shape index (κ2) is 6.14. The van der Waals surface area contributed by atoms with Crippen LogP contribution in [0.3, 0.4) is 0 Å². The van der Waals surface area contributed by atoms with Gasteiger partial charge in [0, 0.05) is 6.54 Å². The van der Waals surface area contributed by atoms with E-state index in [2.05, 4.69) is 8.91 Å². The number of rotatable bonds is 6. The van der Waals surface area contributed by atoms with E-state index >= 15 is 0 Å². The maximum absolute atomic E-state index is 11.6. The summed E-state index contributed by atoms with van der Waals surface area (Å²) in [4.78, 5) is 16.6. The van der Waals surface area contributed by atoms with Gasteiger partial charge in [-0.1, -0.05) is 0 Å². The molecular formula is C10H21N3O5S. The average molecular weight is 295 g/mol. The number of hydrogen-bond donors (Lipinski definition) is 2. The zero-order chi connectivity index (χ0) is 14.7. The summed E-state index contributed by atoms with van der Waals surface area (Å²) in [6.45, 7) is 5.90. The first-order valence-electron chi connectivity index (χ1n) is 5.98. The topological polar surface area (TPSA) is 111 Å². The van der Waals surface area contributed by atoms with Crippen LogP contribution >= 0.6 is 0 Å². The maximum Gasteiger partial charge on any atom is 0.336 e. The minimum absolute atomic E-state index is 0.0647. The molecule has 1 rings (SSSR count). The van der Waals surface area contributed by atoms with Crippen molar-refractivity contribution in [3.63, 3.8) is 0 Å². The van der Waals surface area contributed by atoms with Crippen molar-refractivity contribution < 1.29 is 22.2 Å². The second-order valence-electron chi connectivity index (χ2n) is 5.36. The Morgan fingerprint density at radius 1 is 1.42 bits per heavy atom. The van der Waals surface area contributed by atoms with Crippen molar-refractivity contribution in [3.05, 3.63) is 0 Å². The lowest BCUT2D eigenvalue weighted by molar-refractivity contribution is -0.220. The fraction of sp³-hybridized carbons (Fsp3) is 0.900. The molecule has 112 valence electrons. The van der Waals surface area contributed by atoms with Gasteiger partial charge in [0.15, 0.2) is 0 Å². The van der Waals surface area contributed by atoms with Crippen molar-refractivity contribution in [1.82, 2.24) is 9.79 Å². The standard InChI is InChI=1S/C10H21N3O5S/c1-10(2,3)9(14)18-13-6-8(7-13)12-19(15,16)17-5-4-11/h8,12H,4-7,11H2,1-3H3. The summed E-state index contributed by atoms with van der Waals surface area (Å²) >= 11 is 0. The van der Waals surface area contributed by atoms with Gasteiger partial charge in [-0.2, -0.15) is 13.1 Å². The molecule has 0 aliphatic carbocycles. The van der Waals surface area contributed by atoms with Gasteiger partial charge in [-0.25, -0.2) is 4.79 Å². The summed E-state index contributed by atoms with van der Waals surface area (Å²) < 4.78 is 29.6. The monoisotopic (exact) mass is 295 g/mol. The Labute approximate surface area is 113 Å². The van der Waals surface area contributed by atoms with E-state index in [1.54, 1.807) is 20.8 Å². The van der Waals surface area contributed by atoms with Gasteiger partial charge in [0.25, 0.3) is 0 Å². The fourth-order valence-electron chi connectivity index (χ4n) is 1.24. The Morgan fingerprint density at radius 3 is 2.47 bits per heavy atom. The third-order valence-corrected chi connectivity index (χ3v) is 3.44. The highest BCUT2D eigenvalue weighted by molar-refractivity contribution is 7.84. The van der Waals surface area contributed by atoms with Crippen LogP contribution in [0.25, 0.3) is 0 Å². The number of nitrogens with one attached hydrogen (secondary N) is 1. The average Bonchev–Trinajstić information content (AvgIpc) is 2.21. The molecule has 0 aromatic carbocycles. The molecule has 0 bridgehead atoms. The number of carbonyl (C=O) groups is 1. The van der Waals surface area contributed by atoms with Crippen LogP contribution in [-0.4, -0.2) is 51.7 Å². The van der Waals surface area contributed by atoms with Crippen LogP contribution in [0.2, 0.25) is 0 Å². The van der Waals surface area contributed by atoms with Crippen molar-refractivity contribution in [3.8, 4) is 0 Å². The van der Waals surface area contributed by atoms with E-state index in [1.165, 1.54) is 5.06 Å². The number of nitrogens with zero attached hydrogens (tertiary/aromatic N) is 1. The van der Waals surface area contributed by atoms with Gasteiger partial charge in [0.2, 0.25) is 0 Å². The van der Waals surface area contributed by atoms with E-state index in [0.29, 0.717) is 13.1 Å². The van der Waals surface area contributed by atoms with Gasteiger partial charge in [-0.15, -0.1) is 5.06 Å². The number of hydroxylamine groups is 2. The predicted octanol–water partition coefficient (Wildman–Crippen LogP) is -1.02. The zero-order valence-electron chi connectivity index (χ0n) is 11.4. The van der Waals surface area contributed by atoms with Gasteiger partial charge in [-0.05, 0) is 20.8 Å².